The molecule has 6 nitrogen and oxygen atoms in total. The summed E-state index contributed by atoms with van der Waals surface area (Å²) >= 11 is 1.45. The second-order valence-electron chi connectivity index (χ2n) is 6.95. The second kappa shape index (κ2) is 6.44. The van der Waals surface area contributed by atoms with Gasteiger partial charge in [-0.3, -0.25) is 4.79 Å². The van der Waals surface area contributed by atoms with E-state index in [4.69, 9.17) is 19.2 Å². The van der Waals surface area contributed by atoms with Gasteiger partial charge in [0.15, 0.2) is 5.79 Å². The average Bonchev–Trinajstić information content (AvgIpc) is 3.32. The van der Waals surface area contributed by atoms with Crippen molar-refractivity contribution in [2.45, 2.75) is 18.6 Å². The van der Waals surface area contributed by atoms with Gasteiger partial charge in [0.2, 0.25) is 0 Å². The van der Waals surface area contributed by atoms with Gasteiger partial charge in [-0.2, -0.15) is 0 Å². The molecule has 7 heteroatoms. The third-order valence-corrected chi connectivity index (χ3v) is 6.38. The van der Waals surface area contributed by atoms with Gasteiger partial charge < -0.3 is 19.1 Å². The van der Waals surface area contributed by atoms with Crippen molar-refractivity contribution >= 4 is 38.4 Å². The number of carbonyl (C=O) groups is 1. The summed E-state index contributed by atoms with van der Waals surface area (Å²) in [5.41, 5.74) is 0.873. The van der Waals surface area contributed by atoms with Crippen LogP contribution in [0.1, 0.15) is 22.5 Å². The van der Waals surface area contributed by atoms with Gasteiger partial charge in [-0.05, 0) is 24.3 Å². The topological polar surface area (TPSA) is 60.9 Å². The minimum Gasteiger partial charge on any atom is -0.497 e. The molecule has 1 spiro atoms. The van der Waals surface area contributed by atoms with Gasteiger partial charge in [0.05, 0.1) is 30.7 Å². The highest BCUT2D eigenvalue weighted by Gasteiger charge is 2.41. The Balaban J connectivity index is 1.41. The molecular formula is C20H20N2O4S. The number of hydrogen-bond acceptors (Lipinski definition) is 6. The molecule has 2 aromatic heterocycles. The second-order valence-corrected chi connectivity index (χ2v) is 7.98. The summed E-state index contributed by atoms with van der Waals surface area (Å²) < 4.78 is 16.8. The van der Waals surface area contributed by atoms with Crippen LogP contribution < -0.4 is 4.74 Å². The first kappa shape index (κ1) is 16.9. The largest absolute Gasteiger partial charge is 0.497 e. The standard InChI is InChI=1S/C20H20N2O4S/c1-24-15-3-2-13-10-14-11-17(27-18(14)21-16(13)12-15)19(23)22-6-4-20(5-7-22)25-8-9-26-20/h2-3,10-12H,4-9H2,1H3. The Morgan fingerprint density at radius 2 is 1.93 bits per heavy atom. The highest BCUT2D eigenvalue weighted by atomic mass is 32.1. The summed E-state index contributed by atoms with van der Waals surface area (Å²) in [6, 6.07) is 9.86. The minimum atomic E-state index is -0.463. The van der Waals surface area contributed by atoms with E-state index in [-0.39, 0.29) is 5.91 Å². The summed E-state index contributed by atoms with van der Waals surface area (Å²) in [4.78, 5) is 21.2. The molecule has 140 valence electrons. The lowest BCUT2D eigenvalue weighted by molar-refractivity contribution is -0.181. The third kappa shape index (κ3) is 2.96. The normalized spacial score (nSPS) is 19.2. The number of methoxy groups -OCH3 is 1. The predicted octanol–water partition coefficient (Wildman–Crippen LogP) is 3.44. The Labute approximate surface area is 160 Å². The molecule has 0 radical (unpaired) electrons. The molecule has 2 aliphatic rings. The van der Waals surface area contributed by atoms with E-state index in [1.54, 1.807) is 7.11 Å². The number of thiophene rings is 1. The molecule has 2 aliphatic heterocycles. The van der Waals surface area contributed by atoms with Crippen molar-refractivity contribution in [3.05, 3.63) is 35.2 Å². The molecule has 4 heterocycles. The number of fused-ring (bicyclic) bond motifs is 2. The smallest absolute Gasteiger partial charge is 0.264 e. The van der Waals surface area contributed by atoms with E-state index >= 15 is 0 Å². The van der Waals surface area contributed by atoms with Gasteiger partial charge in [-0.25, -0.2) is 4.98 Å². The van der Waals surface area contributed by atoms with E-state index in [0.717, 1.165) is 44.6 Å². The number of ether oxygens (including phenoxy) is 3. The van der Waals surface area contributed by atoms with Crippen LogP contribution in [-0.4, -0.2) is 55.0 Å². The van der Waals surface area contributed by atoms with Crippen molar-refractivity contribution in [2.75, 3.05) is 33.4 Å². The molecule has 0 aliphatic carbocycles. The number of pyridine rings is 1. The Hall–Kier alpha value is -2.22. The quantitative estimate of drug-likeness (QED) is 0.677. The van der Waals surface area contributed by atoms with E-state index < -0.39 is 5.79 Å². The van der Waals surface area contributed by atoms with Gasteiger partial charge in [-0.1, -0.05) is 0 Å². The van der Waals surface area contributed by atoms with Crippen molar-refractivity contribution in [2.24, 2.45) is 0 Å². The number of piperidine rings is 1. The molecule has 27 heavy (non-hydrogen) atoms. The third-order valence-electron chi connectivity index (χ3n) is 5.35. The van der Waals surface area contributed by atoms with Crippen LogP contribution in [0.25, 0.3) is 21.1 Å². The van der Waals surface area contributed by atoms with Crippen molar-refractivity contribution in [3.8, 4) is 5.75 Å². The Bertz CT molecular complexity index is 1020. The van der Waals surface area contributed by atoms with Crippen LogP contribution >= 0.6 is 11.3 Å². The summed E-state index contributed by atoms with van der Waals surface area (Å²) in [5.74, 6) is 0.378. The lowest BCUT2D eigenvalue weighted by Gasteiger charge is -2.37. The Morgan fingerprint density at radius 3 is 2.67 bits per heavy atom. The number of hydrogen-bond donors (Lipinski definition) is 0. The molecule has 2 fully saturated rings. The number of nitrogens with zero attached hydrogens (tertiary/aromatic N) is 2. The molecule has 0 saturated carbocycles. The number of likely N-dealkylation sites (tertiary alicyclic amines) is 1. The summed E-state index contributed by atoms with van der Waals surface area (Å²) in [5, 5.41) is 2.03. The molecule has 1 amide bonds. The molecule has 0 atom stereocenters. The fraction of sp³-hybridized carbons (Fsp3) is 0.400. The maximum atomic E-state index is 13.0. The first-order valence-corrected chi connectivity index (χ1v) is 9.93. The fourth-order valence-electron chi connectivity index (χ4n) is 3.83. The van der Waals surface area contributed by atoms with Gasteiger partial charge in [0, 0.05) is 42.8 Å². The van der Waals surface area contributed by atoms with Crippen LogP contribution in [0.4, 0.5) is 0 Å². The fourth-order valence-corrected chi connectivity index (χ4v) is 4.82. The number of rotatable bonds is 2. The number of amides is 1. The van der Waals surface area contributed by atoms with Crippen LogP contribution in [-0.2, 0) is 9.47 Å². The van der Waals surface area contributed by atoms with E-state index in [0.29, 0.717) is 26.3 Å². The summed E-state index contributed by atoms with van der Waals surface area (Å²) in [6.07, 6.45) is 1.46. The number of aromatic nitrogens is 1. The first-order chi connectivity index (χ1) is 13.2. The molecule has 5 rings (SSSR count). The van der Waals surface area contributed by atoms with Gasteiger partial charge in [0.25, 0.3) is 5.91 Å². The molecule has 0 bridgehead atoms. The van der Waals surface area contributed by atoms with Crippen LogP contribution in [0.2, 0.25) is 0 Å². The Morgan fingerprint density at radius 1 is 1.15 bits per heavy atom. The van der Waals surface area contributed by atoms with Gasteiger partial charge in [-0.15, -0.1) is 11.3 Å². The van der Waals surface area contributed by atoms with Crippen molar-refractivity contribution < 1.29 is 19.0 Å². The van der Waals surface area contributed by atoms with Crippen molar-refractivity contribution in [1.82, 2.24) is 9.88 Å². The SMILES string of the molecule is COc1ccc2cc3cc(C(=O)N4CCC5(CC4)OCCO5)sc3nc2c1. The molecule has 2 saturated heterocycles. The zero-order valence-corrected chi connectivity index (χ0v) is 15.9. The van der Waals surface area contributed by atoms with Crippen molar-refractivity contribution in [1.29, 1.82) is 0 Å². The zero-order chi connectivity index (χ0) is 18.4. The minimum absolute atomic E-state index is 0.0625. The molecule has 1 aromatic carbocycles. The molecular weight excluding hydrogens is 364 g/mol. The lowest BCUT2D eigenvalue weighted by Crippen LogP contribution is -2.47. The molecule has 3 aromatic rings. The van der Waals surface area contributed by atoms with E-state index in [1.165, 1.54) is 11.3 Å². The van der Waals surface area contributed by atoms with Crippen LogP contribution in [0.15, 0.2) is 30.3 Å². The van der Waals surface area contributed by atoms with Crippen LogP contribution in [0.3, 0.4) is 0 Å². The zero-order valence-electron chi connectivity index (χ0n) is 15.1. The van der Waals surface area contributed by atoms with Crippen LogP contribution in [0, 0.1) is 0 Å². The first-order valence-electron chi connectivity index (χ1n) is 9.11. The van der Waals surface area contributed by atoms with Crippen molar-refractivity contribution in [3.63, 3.8) is 0 Å². The van der Waals surface area contributed by atoms with Crippen LogP contribution in [0.5, 0.6) is 5.75 Å². The maximum absolute atomic E-state index is 13.0. The number of carbonyl (C=O) groups excluding carboxylic acids is 1. The predicted molar refractivity (Wildman–Crippen MR) is 103 cm³/mol. The van der Waals surface area contributed by atoms with E-state index in [9.17, 15) is 4.79 Å². The summed E-state index contributed by atoms with van der Waals surface area (Å²) in [6.45, 7) is 2.60. The lowest BCUT2D eigenvalue weighted by atomic mass is 10.0. The van der Waals surface area contributed by atoms with Gasteiger partial charge >= 0.3 is 0 Å². The maximum Gasteiger partial charge on any atom is 0.264 e. The monoisotopic (exact) mass is 384 g/mol. The molecule has 0 N–H and O–H groups in total. The highest BCUT2D eigenvalue weighted by Crippen LogP contribution is 2.34. The average molecular weight is 384 g/mol. The van der Waals surface area contributed by atoms with E-state index in [2.05, 4.69) is 6.07 Å². The van der Waals surface area contributed by atoms with Gasteiger partial charge in [0.1, 0.15) is 10.6 Å². The van der Waals surface area contributed by atoms with E-state index in [1.807, 2.05) is 29.2 Å². The number of benzene rings is 1. The molecule has 0 unspecified atom stereocenters. The highest BCUT2D eigenvalue weighted by molar-refractivity contribution is 7.20. The summed E-state index contributed by atoms with van der Waals surface area (Å²) in [7, 11) is 1.64. The Kier molecular flexibility index (Phi) is 4.03.